The fourth-order valence-electron chi connectivity index (χ4n) is 2.25. The molecule has 0 atom stereocenters. The summed E-state index contributed by atoms with van der Waals surface area (Å²) in [4.78, 5) is 12.4. The van der Waals surface area contributed by atoms with Crippen LogP contribution in [0, 0.1) is 6.92 Å². The van der Waals surface area contributed by atoms with Crippen LogP contribution < -0.4 is 14.8 Å². The van der Waals surface area contributed by atoms with E-state index in [9.17, 15) is 13.2 Å². The summed E-state index contributed by atoms with van der Waals surface area (Å²) in [5.41, 5.74) is 1.01. The molecule has 0 aliphatic carbocycles. The monoisotopic (exact) mass is 396 g/mol. The van der Waals surface area contributed by atoms with E-state index in [1.165, 1.54) is 12.1 Å². The van der Waals surface area contributed by atoms with Crippen molar-refractivity contribution in [3.8, 4) is 5.75 Å². The number of amides is 1. The Balaban J connectivity index is 1.97. The van der Waals surface area contributed by atoms with Gasteiger partial charge in [-0.3, -0.25) is 4.79 Å². The van der Waals surface area contributed by atoms with Gasteiger partial charge in [0.2, 0.25) is 10.0 Å². The van der Waals surface area contributed by atoms with Crippen LogP contribution in [-0.4, -0.2) is 34.0 Å². The molecule has 0 saturated carbocycles. The van der Waals surface area contributed by atoms with Gasteiger partial charge in [0.15, 0.2) is 0 Å². The summed E-state index contributed by atoms with van der Waals surface area (Å²) in [6.07, 6.45) is 0. The standard InChI is InChI=1S/C18H21ClN2O4S/c1-3-21-26(23,24)16-9-4-13(2)17(12-16)18(22)20-10-11-25-15-7-5-14(19)6-8-15/h4-9,12,21H,3,10-11H2,1-2H3,(H,20,22). The number of hydrogen-bond acceptors (Lipinski definition) is 4. The zero-order chi connectivity index (χ0) is 19.2. The van der Waals surface area contributed by atoms with Gasteiger partial charge in [-0.1, -0.05) is 24.6 Å². The largest absolute Gasteiger partial charge is 0.492 e. The Labute approximate surface area is 158 Å². The molecule has 0 radical (unpaired) electrons. The lowest BCUT2D eigenvalue weighted by Crippen LogP contribution is -2.29. The van der Waals surface area contributed by atoms with E-state index in [4.69, 9.17) is 16.3 Å². The number of benzene rings is 2. The topological polar surface area (TPSA) is 84.5 Å². The highest BCUT2D eigenvalue weighted by atomic mass is 35.5. The van der Waals surface area contributed by atoms with Crippen LogP contribution in [0.4, 0.5) is 0 Å². The van der Waals surface area contributed by atoms with Gasteiger partial charge in [0.25, 0.3) is 5.91 Å². The van der Waals surface area contributed by atoms with Gasteiger partial charge < -0.3 is 10.1 Å². The van der Waals surface area contributed by atoms with Gasteiger partial charge in [0.05, 0.1) is 11.4 Å². The van der Waals surface area contributed by atoms with Crippen LogP contribution in [0.2, 0.25) is 5.02 Å². The molecule has 26 heavy (non-hydrogen) atoms. The van der Waals surface area contributed by atoms with Crippen LogP contribution in [0.15, 0.2) is 47.4 Å². The second kappa shape index (κ2) is 9.02. The Bertz CT molecular complexity index is 867. The first kappa shape index (κ1) is 20.2. The molecule has 0 aliphatic heterocycles. The molecule has 2 aromatic rings. The highest BCUT2D eigenvalue weighted by Crippen LogP contribution is 2.16. The van der Waals surface area contributed by atoms with Crippen LogP contribution in [0.1, 0.15) is 22.8 Å². The maximum absolute atomic E-state index is 12.4. The number of ether oxygens (including phenoxy) is 1. The van der Waals surface area contributed by atoms with E-state index in [0.717, 1.165) is 0 Å². The molecule has 0 spiro atoms. The maximum Gasteiger partial charge on any atom is 0.251 e. The van der Waals surface area contributed by atoms with Crippen molar-refractivity contribution >= 4 is 27.5 Å². The number of carbonyl (C=O) groups excluding carboxylic acids is 1. The Morgan fingerprint density at radius 3 is 2.50 bits per heavy atom. The Morgan fingerprint density at radius 2 is 1.85 bits per heavy atom. The highest BCUT2D eigenvalue weighted by Gasteiger charge is 2.17. The quantitative estimate of drug-likeness (QED) is 0.672. The summed E-state index contributed by atoms with van der Waals surface area (Å²) in [5, 5.41) is 3.35. The summed E-state index contributed by atoms with van der Waals surface area (Å²) < 4.78 is 32.1. The van der Waals surface area contributed by atoms with Crippen molar-refractivity contribution in [3.63, 3.8) is 0 Å². The molecule has 2 N–H and O–H groups in total. The zero-order valence-electron chi connectivity index (χ0n) is 14.6. The second-order valence-electron chi connectivity index (χ2n) is 5.54. The Kier molecular flexibility index (Phi) is 7.02. The summed E-state index contributed by atoms with van der Waals surface area (Å²) in [5.74, 6) is 0.300. The molecular formula is C18H21ClN2O4S. The van der Waals surface area contributed by atoms with E-state index in [-0.39, 0.29) is 30.5 Å². The van der Waals surface area contributed by atoms with Crippen molar-refractivity contribution in [2.45, 2.75) is 18.7 Å². The molecule has 140 valence electrons. The summed E-state index contributed by atoms with van der Waals surface area (Å²) >= 11 is 5.80. The zero-order valence-corrected chi connectivity index (χ0v) is 16.2. The highest BCUT2D eigenvalue weighted by molar-refractivity contribution is 7.89. The van der Waals surface area contributed by atoms with E-state index < -0.39 is 10.0 Å². The van der Waals surface area contributed by atoms with Crippen molar-refractivity contribution in [1.29, 1.82) is 0 Å². The number of nitrogens with one attached hydrogen (secondary N) is 2. The van der Waals surface area contributed by atoms with Crippen LogP contribution in [0.25, 0.3) is 0 Å². The van der Waals surface area contributed by atoms with Gasteiger partial charge in [0.1, 0.15) is 12.4 Å². The first-order chi connectivity index (χ1) is 12.3. The molecule has 0 bridgehead atoms. The molecule has 0 saturated heterocycles. The van der Waals surface area contributed by atoms with E-state index in [1.807, 2.05) is 0 Å². The van der Waals surface area contributed by atoms with Crippen molar-refractivity contribution in [2.24, 2.45) is 0 Å². The number of halogens is 1. The minimum Gasteiger partial charge on any atom is -0.492 e. The molecule has 2 rings (SSSR count). The van der Waals surface area contributed by atoms with Gasteiger partial charge in [-0.2, -0.15) is 0 Å². The first-order valence-electron chi connectivity index (χ1n) is 8.10. The van der Waals surface area contributed by atoms with Gasteiger partial charge in [0, 0.05) is 17.1 Å². The molecule has 0 unspecified atom stereocenters. The van der Waals surface area contributed by atoms with Crippen LogP contribution in [0.5, 0.6) is 5.75 Å². The third-order valence-electron chi connectivity index (χ3n) is 3.57. The maximum atomic E-state index is 12.4. The van der Waals surface area contributed by atoms with E-state index in [2.05, 4.69) is 10.0 Å². The average Bonchev–Trinajstić information content (AvgIpc) is 2.60. The molecular weight excluding hydrogens is 376 g/mol. The Hall–Kier alpha value is -2.09. The predicted molar refractivity (Wildman–Crippen MR) is 101 cm³/mol. The van der Waals surface area contributed by atoms with Crippen LogP contribution in [0.3, 0.4) is 0 Å². The molecule has 8 heteroatoms. The van der Waals surface area contributed by atoms with Crippen LogP contribution in [-0.2, 0) is 10.0 Å². The number of rotatable bonds is 8. The summed E-state index contributed by atoms with van der Waals surface area (Å²) in [6, 6.07) is 11.4. The normalized spacial score (nSPS) is 11.2. The second-order valence-corrected chi connectivity index (χ2v) is 7.74. The molecule has 0 aliphatic rings. The van der Waals surface area contributed by atoms with Gasteiger partial charge in [-0.15, -0.1) is 0 Å². The van der Waals surface area contributed by atoms with E-state index in [1.54, 1.807) is 44.2 Å². The van der Waals surface area contributed by atoms with Crippen molar-refractivity contribution in [2.75, 3.05) is 19.7 Å². The first-order valence-corrected chi connectivity index (χ1v) is 9.96. The molecule has 6 nitrogen and oxygen atoms in total. The molecule has 2 aromatic carbocycles. The minimum absolute atomic E-state index is 0.0625. The minimum atomic E-state index is -3.61. The lowest BCUT2D eigenvalue weighted by molar-refractivity contribution is 0.0946. The molecule has 0 heterocycles. The lowest BCUT2D eigenvalue weighted by atomic mass is 10.1. The van der Waals surface area contributed by atoms with Crippen LogP contribution >= 0.6 is 11.6 Å². The predicted octanol–water partition coefficient (Wildman–Crippen LogP) is 2.76. The number of hydrogen-bond donors (Lipinski definition) is 2. The van der Waals surface area contributed by atoms with Gasteiger partial charge >= 0.3 is 0 Å². The number of aryl methyl sites for hydroxylation is 1. The third-order valence-corrected chi connectivity index (χ3v) is 5.36. The Morgan fingerprint density at radius 1 is 1.15 bits per heavy atom. The summed E-state index contributed by atoms with van der Waals surface area (Å²) in [6.45, 7) is 4.29. The fraction of sp³-hybridized carbons (Fsp3) is 0.278. The van der Waals surface area contributed by atoms with Crippen molar-refractivity contribution in [1.82, 2.24) is 10.0 Å². The third kappa shape index (κ3) is 5.45. The van der Waals surface area contributed by atoms with Crippen molar-refractivity contribution in [3.05, 3.63) is 58.6 Å². The molecule has 0 fully saturated rings. The number of sulfonamides is 1. The van der Waals surface area contributed by atoms with E-state index >= 15 is 0 Å². The SMILES string of the molecule is CCNS(=O)(=O)c1ccc(C)c(C(=O)NCCOc2ccc(Cl)cc2)c1. The lowest BCUT2D eigenvalue weighted by Gasteiger charge is -2.11. The molecule has 1 amide bonds. The average molecular weight is 397 g/mol. The smallest absolute Gasteiger partial charge is 0.251 e. The van der Waals surface area contributed by atoms with E-state index in [0.29, 0.717) is 21.9 Å². The fourth-order valence-corrected chi connectivity index (χ4v) is 3.44. The van der Waals surface area contributed by atoms with Crippen molar-refractivity contribution < 1.29 is 17.9 Å². The summed E-state index contributed by atoms with van der Waals surface area (Å²) in [7, 11) is -3.61. The molecule has 0 aromatic heterocycles. The van der Waals surface area contributed by atoms with Gasteiger partial charge in [-0.25, -0.2) is 13.1 Å². The number of carbonyl (C=O) groups is 1. The van der Waals surface area contributed by atoms with Gasteiger partial charge in [-0.05, 0) is 48.9 Å².